The van der Waals surface area contributed by atoms with Crippen molar-refractivity contribution in [2.24, 2.45) is 0 Å². The van der Waals surface area contributed by atoms with Crippen molar-refractivity contribution in [1.82, 2.24) is 19.3 Å². The Kier molecular flexibility index (Phi) is 5.16. The molecule has 4 rings (SSSR count). The van der Waals surface area contributed by atoms with Crippen molar-refractivity contribution in [2.45, 2.75) is 18.9 Å². The van der Waals surface area contributed by atoms with E-state index in [1.165, 1.54) is 0 Å². The number of H-pyrrole nitrogens is 1. The maximum atomic E-state index is 11.7. The van der Waals surface area contributed by atoms with Crippen LogP contribution in [0, 0.1) is 0 Å². The summed E-state index contributed by atoms with van der Waals surface area (Å²) in [7, 11) is 0.993. The highest BCUT2D eigenvalue weighted by molar-refractivity contribution is 7.81. The average molecular weight is 404 g/mol. The van der Waals surface area contributed by atoms with Crippen molar-refractivity contribution in [3.05, 3.63) is 41.6 Å². The number of imidazole rings is 1. The second-order valence-corrected chi connectivity index (χ2v) is 8.64. The Morgan fingerprint density at radius 2 is 2.04 bits per heavy atom. The van der Waals surface area contributed by atoms with Crippen molar-refractivity contribution < 1.29 is 4.21 Å². The first kappa shape index (κ1) is 18.4. The minimum absolute atomic E-state index is 0.342. The molecule has 1 aromatic carbocycles. The molecule has 1 aliphatic rings. The molecule has 27 heavy (non-hydrogen) atoms. The van der Waals surface area contributed by atoms with Crippen molar-refractivity contribution in [1.29, 1.82) is 0 Å². The normalized spacial score (nSPS) is 17.0. The van der Waals surface area contributed by atoms with Crippen LogP contribution in [0.5, 0.6) is 0 Å². The fourth-order valence-corrected chi connectivity index (χ4v) is 4.35. The first-order valence-electron chi connectivity index (χ1n) is 8.95. The number of nitrogens with one attached hydrogen (secondary N) is 1. The zero-order valence-electron chi connectivity index (χ0n) is 15.4. The Morgan fingerprint density at radius 1 is 1.30 bits per heavy atom. The van der Waals surface area contributed by atoms with Gasteiger partial charge in [0, 0.05) is 44.2 Å². The minimum atomic E-state index is -0.934. The van der Waals surface area contributed by atoms with E-state index in [1.807, 2.05) is 41.7 Å². The van der Waals surface area contributed by atoms with Gasteiger partial charge in [-0.2, -0.15) is 0 Å². The lowest BCUT2D eigenvalue weighted by Gasteiger charge is -2.36. The number of fused-ring (bicyclic) bond motifs is 1. The van der Waals surface area contributed by atoms with Crippen molar-refractivity contribution in [2.75, 3.05) is 31.3 Å². The monoisotopic (exact) mass is 403 g/mol. The van der Waals surface area contributed by atoms with Crippen molar-refractivity contribution >= 4 is 39.4 Å². The molecule has 0 amide bonds. The van der Waals surface area contributed by atoms with Crippen molar-refractivity contribution in [3.8, 4) is 11.4 Å². The number of rotatable bonds is 4. The fraction of sp³-hybridized carbons (Fsp3) is 0.368. The van der Waals surface area contributed by atoms with Gasteiger partial charge in [-0.15, -0.1) is 0 Å². The Labute approximate surface area is 166 Å². The molecule has 2 aromatic heterocycles. The number of hydrogen-bond donors (Lipinski definition) is 1. The second kappa shape index (κ2) is 7.58. The van der Waals surface area contributed by atoms with E-state index in [4.69, 9.17) is 11.6 Å². The standard InChI is InChI=1S/C19H22ClN5OS/c1-24(27(2)26)13-7-9-25(10-8-13)18-11-14(15(20)12-21-18)19-22-16-5-3-4-6-17(16)23-19/h3-6,11-13H,7-10H2,1-2H3,(H,22,23). The summed E-state index contributed by atoms with van der Waals surface area (Å²) in [4.78, 5) is 14.8. The van der Waals surface area contributed by atoms with E-state index in [-0.39, 0.29) is 0 Å². The maximum absolute atomic E-state index is 11.7. The van der Waals surface area contributed by atoms with Gasteiger partial charge in [0.05, 0.1) is 27.0 Å². The van der Waals surface area contributed by atoms with Crippen LogP contribution < -0.4 is 4.90 Å². The molecular weight excluding hydrogens is 382 g/mol. The summed E-state index contributed by atoms with van der Waals surface area (Å²) in [5, 5.41) is 0.578. The lowest BCUT2D eigenvalue weighted by Crippen LogP contribution is -2.44. The van der Waals surface area contributed by atoms with E-state index in [9.17, 15) is 4.21 Å². The quantitative estimate of drug-likeness (QED) is 0.724. The van der Waals surface area contributed by atoms with Gasteiger partial charge in [-0.25, -0.2) is 18.5 Å². The molecule has 0 spiro atoms. The molecule has 6 nitrogen and oxygen atoms in total. The Balaban J connectivity index is 1.57. The van der Waals surface area contributed by atoms with Crippen LogP contribution in [0.1, 0.15) is 12.8 Å². The third-order valence-electron chi connectivity index (χ3n) is 5.19. The summed E-state index contributed by atoms with van der Waals surface area (Å²) < 4.78 is 13.6. The van der Waals surface area contributed by atoms with Gasteiger partial charge in [-0.05, 0) is 31.0 Å². The number of nitrogens with zero attached hydrogens (tertiary/aromatic N) is 4. The summed E-state index contributed by atoms with van der Waals surface area (Å²) in [6.45, 7) is 1.75. The van der Waals surface area contributed by atoms with E-state index >= 15 is 0 Å². The smallest absolute Gasteiger partial charge is 0.140 e. The summed E-state index contributed by atoms with van der Waals surface area (Å²) in [6.07, 6.45) is 5.34. The largest absolute Gasteiger partial charge is 0.356 e. The predicted molar refractivity (Wildman–Crippen MR) is 111 cm³/mol. The van der Waals surface area contributed by atoms with Crippen molar-refractivity contribution in [3.63, 3.8) is 0 Å². The Bertz CT molecular complexity index is 950. The van der Waals surface area contributed by atoms with E-state index in [0.29, 0.717) is 11.1 Å². The molecule has 1 saturated heterocycles. The Hall–Kier alpha value is -1.96. The maximum Gasteiger partial charge on any atom is 0.140 e. The van der Waals surface area contributed by atoms with Gasteiger partial charge in [-0.1, -0.05) is 23.7 Å². The van der Waals surface area contributed by atoms with Crippen LogP contribution in [0.2, 0.25) is 5.02 Å². The lowest BCUT2D eigenvalue weighted by atomic mass is 10.1. The molecule has 1 N–H and O–H groups in total. The number of aromatic nitrogens is 3. The van der Waals surface area contributed by atoms with Gasteiger partial charge in [0.25, 0.3) is 0 Å². The first-order chi connectivity index (χ1) is 13.0. The summed E-state index contributed by atoms with van der Waals surface area (Å²) in [6, 6.07) is 10.3. The van der Waals surface area contributed by atoms with Gasteiger partial charge in [0.1, 0.15) is 11.6 Å². The summed E-state index contributed by atoms with van der Waals surface area (Å²) in [5.41, 5.74) is 2.75. The van der Waals surface area contributed by atoms with Crippen LogP contribution >= 0.6 is 11.6 Å². The molecule has 0 radical (unpaired) electrons. The van der Waals surface area contributed by atoms with E-state index in [2.05, 4.69) is 19.9 Å². The highest BCUT2D eigenvalue weighted by atomic mass is 35.5. The molecule has 1 fully saturated rings. The van der Waals surface area contributed by atoms with E-state index in [1.54, 1.807) is 12.5 Å². The first-order valence-corrected chi connectivity index (χ1v) is 10.8. The highest BCUT2D eigenvalue weighted by Gasteiger charge is 2.25. The SMILES string of the molecule is CN(C1CCN(c2cc(-c3nc4ccccc4[nH]3)c(Cl)cn2)CC1)S(C)=O. The van der Waals surface area contributed by atoms with Gasteiger partial charge in [0.2, 0.25) is 0 Å². The molecule has 0 bridgehead atoms. The molecule has 142 valence electrons. The van der Waals surface area contributed by atoms with Crippen LogP contribution in [0.3, 0.4) is 0 Å². The number of hydrogen-bond acceptors (Lipinski definition) is 4. The lowest BCUT2D eigenvalue weighted by molar-refractivity contribution is 0.326. The molecule has 1 unspecified atom stereocenters. The number of benzene rings is 1. The Morgan fingerprint density at radius 3 is 2.74 bits per heavy atom. The average Bonchev–Trinajstić information content (AvgIpc) is 3.12. The van der Waals surface area contributed by atoms with Gasteiger partial charge >= 0.3 is 0 Å². The van der Waals surface area contributed by atoms with Crippen LogP contribution in [0.4, 0.5) is 5.82 Å². The number of para-hydroxylation sites is 2. The topological polar surface area (TPSA) is 65.1 Å². The summed E-state index contributed by atoms with van der Waals surface area (Å²) in [5.74, 6) is 1.65. The number of aromatic amines is 1. The van der Waals surface area contributed by atoms with E-state index < -0.39 is 11.0 Å². The summed E-state index contributed by atoms with van der Waals surface area (Å²) >= 11 is 6.42. The molecule has 8 heteroatoms. The molecule has 0 saturated carbocycles. The van der Waals surface area contributed by atoms with Gasteiger partial charge in [0.15, 0.2) is 0 Å². The number of piperidine rings is 1. The molecule has 1 aliphatic heterocycles. The fourth-order valence-electron chi connectivity index (χ4n) is 3.53. The van der Waals surface area contributed by atoms with Crippen LogP contribution in [0.25, 0.3) is 22.4 Å². The van der Waals surface area contributed by atoms with Gasteiger partial charge < -0.3 is 9.88 Å². The zero-order valence-corrected chi connectivity index (χ0v) is 16.9. The third kappa shape index (κ3) is 3.72. The minimum Gasteiger partial charge on any atom is -0.356 e. The number of anilines is 1. The molecule has 1 atom stereocenters. The molecule has 3 heterocycles. The zero-order chi connectivity index (χ0) is 19.0. The van der Waals surface area contributed by atoms with Gasteiger partial charge in [-0.3, -0.25) is 0 Å². The molecule has 3 aromatic rings. The molecular formula is C19H22ClN5OS. The van der Waals surface area contributed by atoms with Crippen LogP contribution in [-0.2, 0) is 11.0 Å². The van der Waals surface area contributed by atoms with Crippen LogP contribution in [-0.4, -0.2) is 55.9 Å². The second-order valence-electron chi connectivity index (χ2n) is 6.81. The third-order valence-corrected chi connectivity index (χ3v) is 6.60. The number of pyridine rings is 1. The number of halogens is 1. The predicted octanol–water partition coefficient (Wildman–Crippen LogP) is 3.47. The molecule has 0 aliphatic carbocycles. The highest BCUT2D eigenvalue weighted by Crippen LogP contribution is 2.31. The van der Waals surface area contributed by atoms with Crippen LogP contribution in [0.15, 0.2) is 36.5 Å². The van der Waals surface area contributed by atoms with E-state index in [0.717, 1.165) is 54.2 Å².